The predicted molar refractivity (Wildman–Crippen MR) is 63.3 cm³/mol. The second-order valence-corrected chi connectivity index (χ2v) is 6.11. The van der Waals surface area contributed by atoms with Gasteiger partial charge in [-0.2, -0.15) is 8.42 Å². The topological polar surface area (TPSA) is 110 Å². The van der Waals surface area contributed by atoms with Crippen molar-refractivity contribution in [1.82, 2.24) is 6.15 Å². The van der Waals surface area contributed by atoms with Gasteiger partial charge in [0.15, 0.2) is 4.93 Å². The SMILES string of the molecule is CCC(O)(C1C2CCCC21)S(=O)(=O)O.N.[NaH]. The Labute approximate surface area is 119 Å². The summed E-state index contributed by atoms with van der Waals surface area (Å²) < 4.78 is 31.2. The van der Waals surface area contributed by atoms with Crippen LogP contribution in [0.3, 0.4) is 0 Å². The number of aliphatic hydroxyl groups is 1. The summed E-state index contributed by atoms with van der Waals surface area (Å²) in [5.74, 6) is 0.417. The molecule has 92 valence electrons. The molecule has 0 aliphatic heterocycles. The second-order valence-electron chi connectivity index (χ2n) is 4.46. The van der Waals surface area contributed by atoms with Gasteiger partial charge in [0, 0.05) is 5.92 Å². The van der Waals surface area contributed by atoms with Crippen molar-refractivity contribution in [2.75, 3.05) is 0 Å². The molecule has 0 spiro atoms. The standard InChI is InChI=1S/C9H16O4S.H3N.Na.H/c1-2-9(10,14(11,12)13)8-6-4-3-5-7(6)8;;;/h6-8,10H,2-5H2,1H3,(H,11,12,13);1H3;;. The van der Waals surface area contributed by atoms with Crippen molar-refractivity contribution in [1.29, 1.82) is 0 Å². The second kappa shape index (κ2) is 5.22. The third kappa shape index (κ3) is 2.34. The van der Waals surface area contributed by atoms with Crippen molar-refractivity contribution in [3.05, 3.63) is 0 Å². The van der Waals surface area contributed by atoms with Gasteiger partial charge in [-0.15, -0.1) is 0 Å². The average Bonchev–Trinajstić information content (AvgIpc) is 2.57. The van der Waals surface area contributed by atoms with Gasteiger partial charge in [-0.1, -0.05) is 13.3 Å². The van der Waals surface area contributed by atoms with Gasteiger partial charge >= 0.3 is 29.6 Å². The Morgan fingerprint density at radius 1 is 1.31 bits per heavy atom. The molecule has 2 saturated carbocycles. The summed E-state index contributed by atoms with van der Waals surface area (Å²) in [5, 5.41) is 9.96. The van der Waals surface area contributed by atoms with Crippen molar-refractivity contribution >= 4 is 39.7 Å². The van der Waals surface area contributed by atoms with Gasteiger partial charge in [0.05, 0.1) is 0 Å². The van der Waals surface area contributed by atoms with E-state index in [1.165, 1.54) is 0 Å². The first-order chi connectivity index (χ1) is 6.42. The van der Waals surface area contributed by atoms with Crippen molar-refractivity contribution < 1.29 is 18.1 Å². The summed E-state index contributed by atoms with van der Waals surface area (Å²) in [7, 11) is -4.34. The Balaban J connectivity index is 0.00000112. The Bertz CT molecular complexity index is 337. The van der Waals surface area contributed by atoms with E-state index in [0.29, 0.717) is 11.8 Å². The van der Waals surface area contributed by atoms with Crippen molar-refractivity contribution in [2.24, 2.45) is 17.8 Å². The van der Waals surface area contributed by atoms with E-state index in [1.54, 1.807) is 6.92 Å². The Hall–Kier alpha value is 0.830. The van der Waals surface area contributed by atoms with Crippen LogP contribution in [0.25, 0.3) is 0 Å². The molecule has 3 atom stereocenters. The monoisotopic (exact) mass is 261 g/mol. The fourth-order valence-electron chi connectivity index (χ4n) is 3.08. The van der Waals surface area contributed by atoms with Crippen LogP contribution in [0, 0.1) is 17.8 Å². The summed E-state index contributed by atoms with van der Waals surface area (Å²) in [5.41, 5.74) is 0. The van der Waals surface area contributed by atoms with Crippen LogP contribution >= 0.6 is 0 Å². The summed E-state index contributed by atoms with van der Waals surface area (Å²) in [4.78, 5) is -1.89. The zero-order valence-electron chi connectivity index (χ0n) is 8.89. The van der Waals surface area contributed by atoms with Gasteiger partial charge in [-0.05, 0) is 31.1 Å². The third-order valence-electron chi connectivity index (χ3n) is 3.88. The average molecular weight is 261 g/mol. The van der Waals surface area contributed by atoms with E-state index in [-0.39, 0.29) is 48.0 Å². The molecule has 0 aromatic rings. The molecule has 0 amide bonds. The van der Waals surface area contributed by atoms with E-state index >= 15 is 0 Å². The van der Waals surface area contributed by atoms with Crippen LogP contribution in [0.4, 0.5) is 0 Å². The zero-order chi connectivity index (χ0) is 10.6. The number of hydrogen-bond donors (Lipinski definition) is 3. The number of rotatable bonds is 3. The van der Waals surface area contributed by atoms with Crippen molar-refractivity contribution in [3.8, 4) is 0 Å². The molecular formula is C9H20NNaO4S. The van der Waals surface area contributed by atoms with Crippen LogP contribution in [0.15, 0.2) is 0 Å². The molecule has 0 aromatic heterocycles. The minimum absolute atomic E-state index is 0. The van der Waals surface area contributed by atoms with E-state index in [4.69, 9.17) is 4.55 Å². The fraction of sp³-hybridized carbons (Fsp3) is 1.00. The predicted octanol–water partition coefficient (Wildman–Crippen LogP) is 0.532. The van der Waals surface area contributed by atoms with Gasteiger partial charge in [0.1, 0.15) is 0 Å². The van der Waals surface area contributed by atoms with E-state index in [9.17, 15) is 13.5 Å². The van der Waals surface area contributed by atoms with Crippen LogP contribution in [0.1, 0.15) is 32.6 Å². The van der Waals surface area contributed by atoms with E-state index in [2.05, 4.69) is 0 Å². The maximum absolute atomic E-state index is 11.1. The summed E-state index contributed by atoms with van der Waals surface area (Å²) in [6.45, 7) is 1.60. The quantitative estimate of drug-likeness (QED) is 0.507. The molecule has 3 unspecified atom stereocenters. The van der Waals surface area contributed by atoms with E-state index in [0.717, 1.165) is 19.3 Å². The minimum atomic E-state index is -4.34. The van der Waals surface area contributed by atoms with Gasteiger partial charge < -0.3 is 11.3 Å². The zero-order valence-corrected chi connectivity index (χ0v) is 9.70. The molecular weight excluding hydrogens is 241 g/mol. The van der Waals surface area contributed by atoms with Crippen LogP contribution in [-0.4, -0.2) is 52.6 Å². The molecule has 7 heteroatoms. The first-order valence-electron chi connectivity index (χ1n) is 5.11. The molecule has 2 aliphatic carbocycles. The maximum atomic E-state index is 11.1. The van der Waals surface area contributed by atoms with Crippen LogP contribution < -0.4 is 6.15 Å². The molecule has 2 rings (SSSR count). The third-order valence-corrected chi connectivity index (χ3v) is 5.33. The number of hydrogen-bond acceptors (Lipinski definition) is 4. The van der Waals surface area contributed by atoms with Crippen LogP contribution in [0.5, 0.6) is 0 Å². The molecule has 2 fully saturated rings. The molecule has 0 saturated heterocycles. The Morgan fingerprint density at radius 2 is 1.75 bits per heavy atom. The van der Waals surface area contributed by atoms with E-state index < -0.39 is 15.1 Å². The molecule has 0 aromatic carbocycles. The number of fused-ring (bicyclic) bond motifs is 1. The van der Waals surface area contributed by atoms with Crippen molar-refractivity contribution in [3.63, 3.8) is 0 Å². The van der Waals surface area contributed by atoms with E-state index in [1.807, 2.05) is 0 Å². The first kappa shape index (κ1) is 16.8. The fourth-order valence-corrected chi connectivity index (χ4v) is 4.14. The molecule has 0 radical (unpaired) electrons. The normalized spacial score (nSPS) is 35.3. The van der Waals surface area contributed by atoms with Gasteiger partial charge in [-0.3, -0.25) is 4.55 Å². The van der Waals surface area contributed by atoms with Crippen LogP contribution in [0.2, 0.25) is 0 Å². The summed E-state index contributed by atoms with van der Waals surface area (Å²) >= 11 is 0. The molecule has 5 N–H and O–H groups in total. The molecule has 0 heterocycles. The Morgan fingerprint density at radius 3 is 2.06 bits per heavy atom. The Kier molecular flexibility index (Phi) is 5.49. The summed E-state index contributed by atoms with van der Waals surface area (Å²) in [6, 6.07) is 0. The van der Waals surface area contributed by atoms with Crippen molar-refractivity contribution in [2.45, 2.75) is 37.5 Å². The van der Waals surface area contributed by atoms with Crippen LogP contribution in [-0.2, 0) is 10.1 Å². The van der Waals surface area contributed by atoms with Gasteiger partial charge in [0.25, 0.3) is 10.1 Å². The molecule has 0 bridgehead atoms. The van der Waals surface area contributed by atoms with Gasteiger partial charge in [-0.25, -0.2) is 0 Å². The molecule has 2 aliphatic rings. The van der Waals surface area contributed by atoms with Gasteiger partial charge in [0.2, 0.25) is 0 Å². The summed E-state index contributed by atoms with van der Waals surface area (Å²) in [6.07, 6.45) is 3.18. The molecule has 16 heavy (non-hydrogen) atoms. The molecule has 5 nitrogen and oxygen atoms in total. The first-order valence-corrected chi connectivity index (χ1v) is 6.55.